The summed E-state index contributed by atoms with van der Waals surface area (Å²) in [5.41, 5.74) is 2.74. The van der Waals surface area contributed by atoms with Crippen molar-refractivity contribution in [2.45, 2.75) is 50.6 Å². The number of alkyl halides is 3. The maximum absolute atomic E-state index is 13.7. The molecule has 0 spiro atoms. The Hall–Kier alpha value is -5.44. The van der Waals surface area contributed by atoms with E-state index in [1.165, 1.54) is 62.2 Å². The van der Waals surface area contributed by atoms with Crippen LogP contribution in [-0.4, -0.2) is 75.6 Å². The van der Waals surface area contributed by atoms with Crippen LogP contribution in [0.25, 0.3) is 10.9 Å². The summed E-state index contributed by atoms with van der Waals surface area (Å²) < 4.78 is 77.2. The number of halogens is 3. The predicted octanol–water partition coefficient (Wildman–Crippen LogP) is 7.27. The van der Waals surface area contributed by atoms with Crippen molar-refractivity contribution in [3.8, 4) is 23.0 Å². The fourth-order valence-electron chi connectivity index (χ4n) is 8.47. The van der Waals surface area contributed by atoms with Crippen LogP contribution in [0.2, 0.25) is 0 Å². The number of methoxy groups -OCH3 is 4. The molecule has 12 nitrogen and oxygen atoms in total. The van der Waals surface area contributed by atoms with Crippen LogP contribution in [-0.2, 0) is 38.2 Å². The molecular weight excluding hydrogens is 725 g/mol. The van der Waals surface area contributed by atoms with Gasteiger partial charge in [-0.15, -0.1) is 0 Å². The van der Waals surface area contributed by atoms with Gasteiger partial charge in [-0.05, 0) is 85.0 Å². The van der Waals surface area contributed by atoms with Gasteiger partial charge in [0.25, 0.3) is 0 Å². The van der Waals surface area contributed by atoms with Gasteiger partial charge in [0.1, 0.15) is 18.5 Å². The Morgan fingerprint density at radius 3 is 2.36 bits per heavy atom. The molecule has 3 aliphatic rings. The third-order valence-electron chi connectivity index (χ3n) is 11.0. The van der Waals surface area contributed by atoms with Gasteiger partial charge in [-0.3, -0.25) is 9.69 Å². The van der Waals surface area contributed by atoms with Gasteiger partial charge in [-0.2, -0.15) is 13.2 Å². The van der Waals surface area contributed by atoms with Gasteiger partial charge in [0.15, 0.2) is 11.5 Å². The lowest BCUT2D eigenvalue weighted by atomic mass is 9.65. The number of aromatic nitrogens is 1. The van der Waals surface area contributed by atoms with Crippen molar-refractivity contribution in [3.63, 3.8) is 0 Å². The number of hydrogen-bond donors (Lipinski definition) is 1. The molecule has 3 aromatic carbocycles. The van der Waals surface area contributed by atoms with Crippen LogP contribution in [0.5, 0.6) is 23.0 Å². The Labute approximate surface area is 314 Å². The van der Waals surface area contributed by atoms with Gasteiger partial charge in [0.05, 0.1) is 51.5 Å². The summed E-state index contributed by atoms with van der Waals surface area (Å²) in [4.78, 5) is 45.7. The molecule has 0 radical (unpaired) electrons. The Morgan fingerprint density at radius 2 is 1.67 bits per heavy atom. The summed E-state index contributed by atoms with van der Waals surface area (Å²) in [6, 6.07) is 13.2. The first-order chi connectivity index (χ1) is 26.4. The molecule has 4 aromatic rings. The topological polar surface area (TPSA) is 135 Å². The molecule has 5 unspecified atom stereocenters. The van der Waals surface area contributed by atoms with Crippen molar-refractivity contribution in [3.05, 3.63) is 82.5 Å². The highest BCUT2D eigenvalue weighted by Gasteiger charge is 2.49. The molecule has 1 aromatic heterocycles. The lowest BCUT2D eigenvalue weighted by molar-refractivity contribution is -0.155. The second kappa shape index (κ2) is 15.4. The van der Waals surface area contributed by atoms with Crippen molar-refractivity contribution >= 4 is 29.0 Å². The summed E-state index contributed by atoms with van der Waals surface area (Å²) in [6.07, 6.45) is -3.91. The number of nitrogens with zero attached hydrogens (tertiary/aromatic N) is 1. The first-order valence-corrected chi connectivity index (χ1v) is 17.9. The van der Waals surface area contributed by atoms with Gasteiger partial charge in [0.2, 0.25) is 5.75 Å². The quantitative estimate of drug-likeness (QED) is 0.105. The molecule has 15 heteroatoms. The number of nitrogens with one attached hydrogen (secondary N) is 1. The summed E-state index contributed by atoms with van der Waals surface area (Å²) in [7, 11) is 5.60. The second-order valence-corrected chi connectivity index (χ2v) is 14.0. The van der Waals surface area contributed by atoms with Crippen LogP contribution in [0.1, 0.15) is 58.0 Å². The van der Waals surface area contributed by atoms with E-state index in [2.05, 4.69) is 16.0 Å². The van der Waals surface area contributed by atoms with E-state index in [4.69, 9.17) is 33.2 Å². The molecule has 55 heavy (non-hydrogen) atoms. The normalized spacial score (nSPS) is 22.1. The number of carbonyl (C=O) groups is 3. The van der Waals surface area contributed by atoms with E-state index < -0.39 is 42.5 Å². The number of benzene rings is 3. The Morgan fingerprint density at radius 1 is 0.909 bits per heavy atom. The maximum Gasteiger partial charge on any atom is 0.514 e. The van der Waals surface area contributed by atoms with Gasteiger partial charge in [-0.1, -0.05) is 12.1 Å². The largest absolute Gasteiger partial charge is 0.514 e. The summed E-state index contributed by atoms with van der Waals surface area (Å²) in [5, 5.41) is 1.18. The highest BCUT2D eigenvalue weighted by atomic mass is 19.4. The Balaban J connectivity index is 1.04. The Kier molecular flexibility index (Phi) is 10.6. The van der Waals surface area contributed by atoms with Crippen LogP contribution >= 0.6 is 0 Å². The van der Waals surface area contributed by atoms with E-state index in [0.717, 1.165) is 49.3 Å². The second-order valence-electron chi connectivity index (χ2n) is 14.0. The molecule has 1 saturated carbocycles. The first-order valence-electron chi connectivity index (χ1n) is 17.9. The lowest BCUT2D eigenvalue weighted by Crippen LogP contribution is -2.52. The minimum Gasteiger partial charge on any atom is -0.497 e. The summed E-state index contributed by atoms with van der Waals surface area (Å²) in [6.45, 7) is 1.10. The van der Waals surface area contributed by atoms with Crippen LogP contribution in [0, 0.1) is 17.8 Å². The van der Waals surface area contributed by atoms with E-state index in [9.17, 15) is 27.6 Å². The fraction of sp³-hybridized carbons (Fsp3) is 0.425. The van der Waals surface area contributed by atoms with Gasteiger partial charge < -0.3 is 38.1 Å². The van der Waals surface area contributed by atoms with E-state index in [0.29, 0.717) is 6.42 Å². The zero-order valence-electron chi connectivity index (χ0n) is 30.7. The molecule has 1 N–H and O–H groups in total. The fourth-order valence-corrected chi connectivity index (χ4v) is 8.47. The number of rotatable bonds is 9. The SMILES string of the molecule is COC(=O)C1CC(OC(=O)c2cc(OC)c(OC(=O)OCc3cccc(C(F)(F)F)c3)c(OC)c2)CC2CN3CCc4c([nH]c5cc(OC)ccc45)C3CC21. The third-order valence-corrected chi connectivity index (χ3v) is 11.0. The highest BCUT2D eigenvalue weighted by molar-refractivity contribution is 5.91. The van der Waals surface area contributed by atoms with Crippen LogP contribution in [0.4, 0.5) is 18.0 Å². The van der Waals surface area contributed by atoms with Crippen molar-refractivity contribution in [1.29, 1.82) is 0 Å². The first kappa shape index (κ1) is 37.9. The van der Waals surface area contributed by atoms with Gasteiger partial charge >= 0.3 is 24.3 Å². The predicted molar refractivity (Wildman–Crippen MR) is 190 cm³/mol. The number of carbonyl (C=O) groups excluding carboxylic acids is 3. The monoisotopic (exact) mass is 766 g/mol. The highest BCUT2D eigenvalue weighted by Crippen LogP contribution is 2.50. The number of piperidine rings is 1. The minimum absolute atomic E-state index is 0.0144. The molecule has 2 aliphatic heterocycles. The van der Waals surface area contributed by atoms with Crippen molar-refractivity contribution in [2.24, 2.45) is 17.8 Å². The number of H-pyrrole nitrogens is 1. The van der Waals surface area contributed by atoms with Gasteiger partial charge in [0, 0.05) is 35.8 Å². The maximum atomic E-state index is 13.7. The molecule has 1 saturated heterocycles. The van der Waals surface area contributed by atoms with Crippen LogP contribution in [0.3, 0.4) is 0 Å². The zero-order valence-corrected chi connectivity index (χ0v) is 30.7. The van der Waals surface area contributed by atoms with Crippen molar-refractivity contribution in [2.75, 3.05) is 41.5 Å². The van der Waals surface area contributed by atoms with E-state index in [1.54, 1.807) is 7.11 Å². The summed E-state index contributed by atoms with van der Waals surface area (Å²) >= 11 is 0. The molecule has 3 heterocycles. The number of esters is 2. The Bertz CT molecular complexity index is 2070. The molecule has 0 bridgehead atoms. The third kappa shape index (κ3) is 7.62. The number of ether oxygens (including phenoxy) is 7. The lowest BCUT2D eigenvalue weighted by Gasteiger charge is -2.51. The minimum atomic E-state index is -4.56. The average Bonchev–Trinajstić information content (AvgIpc) is 3.56. The molecule has 0 amide bonds. The van der Waals surface area contributed by atoms with Gasteiger partial charge in [-0.25, -0.2) is 9.59 Å². The molecule has 7 rings (SSSR count). The molecular formula is C40H41F3N2O10. The number of fused-ring (bicyclic) bond motifs is 6. The average molecular weight is 767 g/mol. The number of aromatic amines is 1. The van der Waals surface area contributed by atoms with Crippen LogP contribution in [0.15, 0.2) is 54.6 Å². The van der Waals surface area contributed by atoms with E-state index in [-0.39, 0.29) is 58.6 Å². The molecule has 2 fully saturated rings. The molecule has 292 valence electrons. The van der Waals surface area contributed by atoms with E-state index in [1.807, 2.05) is 12.1 Å². The van der Waals surface area contributed by atoms with Crippen molar-refractivity contribution < 1.29 is 60.7 Å². The smallest absolute Gasteiger partial charge is 0.497 e. The summed E-state index contributed by atoms with van der Waals surface area (Å²) in [5.74, 6) is -0.994. The number of hydrogen-bond acceptors (Lipinski definition) is 11. The van der Waals surface area contributed by atoms with E-state index >= 15 is 0 Å². The van der Waals surface area contributed by atoms with Crippen molar-refractivity contribution in [1.82, 2.24) is 9.88 Å². The van der Waals surface area contributed by atoms with Crippen LogP contribution < -0.4 is 18.9 Å². The standard InChI is InChI=1S/C40H41F3N2O10/c1-49-25-8-9-27-28-10-11-45-19-23-13-26(16-30(38(47)52-4)29(23)18-32(45)35(28)44-31(27)17-25)54-37(46)22-14-33(50-2)36(34(15-22)51-3)55-39(48)53-20-21-6-5-7-24(12-21)40(41,42)43/h5-9,12,14-15,17,23,26,29-30,32,44H,10-11,13,16,18-20H2,1-4H3. The zero-order chi connectivity index (χ0) is 39.0. The molecule has 1 aliphatic carbocycles. The molecule has 5 atom stereocenters.